The number of aryl methyl sites for hydroxylation is 1. The van der Waals surface area contributed by atoms with Crippen LogP contribution >= 0.6 is 22.7 Å². The Balaban J connectivity index is 1.69. The van der Waals surface area contributed by atoms with E-state index in [2.05, 4.69) is 32.2 Å². The molecule has 0 aromatic carbocycles. The molecule has 1 amide bonds. The van der Waals surface area contributed by atoms with E-state index in [1.165, 1.54) is 24.0 Å². The number of methoxy groups -OCH3 is 1. The van der Waals surface area contributed by atoms with Crippen molar-refractivity contribution in [3.8, 4) is 0 Å². The van der Waals surface area contributed by atoms with Gasteiger partial charge in [-0.2, -0.15) is 0 Å². The molecule has 0 bridgehead atoms. The minimum Gasteiger partial charge on any atom is -0.465 e. The highest BCUT2D eigenvalue weighted by Gasteiger charge is 2.31. The second kappa shape index (κ2) is 9.82. The molecule has 8 nitrogen and oxygen atoms in total. The summed E-state index contributed by atoms with van der Waals surface area (Å²) in [7, 11) is 1.25. The lowest BCUT2D eigenvalue weighted by molar-refractivity contribution is 0.0531. The second-order valence-electron chi connectivity index (χ2n) is 10.0. The molecule has 1 aliphatic carbocycles. The van der Waals surface area contributed by atoms with E-state index in [1.807, 2.05) is 0 Å². The Kier molecular flexibility index (Phi) is 7.12. The number of hydrogen-bond acceptors (Lipinski definition) is 9. The summed E-state index contributed by atoms with van der Waals surface area (Å²) >= 11 is 2.20. The fourth-order valence-corrected chi connectivity index (χ4v) is 6.67. The van der Waals surface area contributed by atoms with E-state index in [0.717, 1.165) is 41.7 Å². The molecular weight excluding hydrogens is 498 g/mol. The quantitative estimate of drug-likeness (QED) is 0.412. The molecule has 0 saturated carbocycles. The van der Waals surface area contributed by atoms with Crippen molar-refractivity contribution in [3.63, 3.8) is 0 Å². The molecule has 3 aromatic heterocycles. The Morgan fingerprint density at radius 2 is 1.92 bits per heavy atom. The van der Waals surface area contributed by atoms with Crippen LogP contribution in [0, 0.1) is 18.3 Å². The number of amides is 1. The molecule has 1 unspecified atom stereocenters. The molecule has 1 atom stereocenters. The number of nitrogens with two attached hydrogens (primary N) is 1. The van der Waals surface area contributed by atoms with E-state index in [4.69, 9.17) is 20.2 Å². The van der Waals surface area contributed by atoms with Gasteiger partial charge in [0.2, 0.25) is 0 Å². The predicted molar refractivity (Wildman–Crippen MR) is 143 cm³/mol. The number of carbonyl (C=O) groups excluding carboxylic acids is 3. The van der Waals surface area contributed by atoms with Crippen LogP contribution in [-0.2, 0) is 22.3 Å². The summed E-state index contributed by atoms with van der Waals surface area (Å²) in [5, 5.41) is 3.75. The maximum absolute atomic E-state index is 13.3. The topological polar surface area (TPSA) is 121 Å². The highest BCUT2D eigenvalue weighted by Crippen LogP contribution is 2.41. The zero-order chi connectivity index (χ0) is 26.4. The molecule has 3 aromatic rings. The first-order valence-electron chi connectivity index (χ1n) is 11.9. The zero-order valence-electron chi connectivity index (χ0n) is 21.4. The molecule has 36 heavy (non-hydrogen) atoms. The van der Waals surface area contributed by atoms with E-state index < -0.39 is 17.8 Å². The van der Waals surface area contributed by atoms with Crippen molar-refractivity contribution >= 4 is 61.4 Å². The number of aromatic nitrogens is 1. The Bertz CT molecular complexity index is 1370. The van der Waals surface area contributed by atoms with Crippen molar-refractivity contribution in [3.05, 3.63) is 38.2 Å². The van der Waals surface area contributed by atoms with Crippen LogP contribution in [0.15, 0.2) is 6.07 Å². The van der Waals surface area contributed by atoms with Crippen molar-refractivity contribution < 1.29 is 23.9 Å². The van der Waals surface area contributed by atoms with Crippen molar-refractivity contribution in [2.45, 2.75) is 53.9 Å². The smallest absolute Gasteiger partial charge is 0.348 e. The van der Waals surface area contributed by atoms with Gasteiger partial charge in [-0.1, -0.05) is 20.8 Å². The molecule has 0 radical (unpaired) electrons. The fourth-order valence-electron chi connectivity index (χ4n) is 4.60. The van der Waals surface area contributed by atoms with Gasteiger partial charge in [-0.05, 0) is 61.6 Å². The van der Waals surface area contributed by atoms with Gasteiger partial charge in [0.1, 0.15) is 19.6 Å². The zero-order valence-corrected chi connectivity index (χ0v) is 23.0. The minimum absolute atomic E-state index is 0.125. The van der Waals surface area contributed by atoms with E-state index >= 15 is 0 Å². The highest BCUT2D eigenvalue weighted by molar-refractivity contribution is 7.21. The first-order valence-corrected chi connectivity index (χ1v) is 13.5. The summed E-state index contributed by atoms with van der Waals surface area (Å²) in [5.74, 6) is -1.13. The monoisotopic (exact) mass is 529 g/mol. The molecule has 192 valence electrons. The number of ether oxygens (including phenoxy) is 2. The highest BCUT2D eigenvalue weighted by atomic mass is 32.1. The number of nitrogens with one attached hydrogen (secondary N) is 1. The van der Waals surface area contributed by atoms with Gasteiger partial charge in [0.05, 0.1) is 25.0 Å². The summed E-state index contributed by atoms with van der Waals surface area (Å²) in [4.78, 5) is 44.3. The molecule has 3 N–H and O–H groups in total. The molecule has 3 heterocycles. The number of fused-ring (bicyclic) bond motifs is 2. The number of rotatable bonds is 5. The fraction of sp³-hybridized carbons (Fsp3) is 0.462. The Morgan fingerprint density at radius 3 is 2.56 bits per heavy atom. The van der Waals surface area contributed by atoms with Crippen LogP contribution in [0.25, 0.3) is 10.2 Å². The average Bonchev–Trinajstić information content (AvgIpc) is 3.32. The van der Waals surface area contributed by atoms with Crippen LogP contribution in [0.4, 0.5) is 10.7 Å². The van der Waals surface area contributed by atoms with Crippen LogP contribution in [0.5, 0.6) is 0 Å². The molecule has 0 fully saturated rings. The maximum atomic E-state index is 13.3. The first-order chi connectivity index (χ1) is 17.0. The van der Waals surface area contributed by atoms with Gasteiger partial charge in [0, 0.05) is 11.1 Å². The van der Waals surface area contributed by atoms with Crippen LogP contribution in [-0.4, -0.2) is 36.5 Å². The van der Waals surface area contributed by atoms with Crippen LogP contribution < -0.4 is 11.1 Å². The van der Waals surface area contributed by atoms with Gasteiger partial charge in [0.15, 0.2) is 0 Å². The van der Waals surface area contributed by atoms with Crippen LogP contribution in [0.3, 0.4) is 0 Å². The third-order valence-corrected chi connectivity index (χ3v) is 9.04. The summed E-state index contributed by atoms with van der Waals surface area (Å²) < 4.78 is 9.99. The Morgan fingerprint density at radius 1 is 1.19 bits per heavy atom. The second-order valence-corrected chi connectivity index (χ2v) is 12.0. The summed E-state index contributed by atoms with van der Waals surface area (Å²) in [5.41, 5.74) is 9.78. The molecule has 0 spiro atoms. The van der Waals surface area contributed by atoms with Gasteiger partial charge in [0.25, 0.3) is 5.91 Å². The van der Waals surface area contributed by atoms with Gasteiger partial charge in [-0.25, -0.2) is 14.6 Å². The van der Waals surface area contributed by atoms with Crippen molar-refractivity contribution in [2.24, 2.45) is 11.3 Å². The van der Waals surface area contributed by atoms with Gasteiger partial charge in [-0.15, -0.1) is 22.7 Å². The lowest BCUT2D eigenvalue weighted by atomic mass is 9.71. The van der Waals surface area contributed by atoms with Crippen LogP contribution in [0.1, 0.15) is 80.6 Å². The number of pyridine rings is 1. The third-order valence-electron chi connectivity index (χ3n) is 6.74. The summed E-state index contributed by atoms with van der Waals surface area (Å²) in [6, 6.07) is 2.08. The number of nitrogen functional groups attached to an aromatic ring is 1. The summed E-state index contributed by atoms with van der Waals surface area (Å²) in [6.07, 6.45) is 2.92. The van der Waals surface area contributed by atoms with E-state index in [9.17, 15) is 14.4 Å². The number of carbonyl (C=O) groups is 3. The average molecular weight is 530 g/mol. The van der Waals surface area contributed by atoms with Gasteiger partial charge < -0.3 is 20.5 Å². The Labute approximate surface area is 218 Å². The first kappa shape index (κ1) is 26.1. The number of nitrogens with zero attached hydrogens (tertiary/aromatic N) is 1. The lowest BCUT2D eigenvalue weighted by Crippen LogP contribution is -2.27. The van der Waals surface area contributed by atoms with Crippen molar-refractivity contribution in [2.75, 3.05) is 24.8 Å². The standard InChI is InChI=1S/C26H31N3O5S2/c1-7-34-25(32)19-12(2)17(24(31)33-6)23(35-19)29-21(30)20-18(27)15-11-13-10-14(26(3,4)5)8-9-16(13)28-22(15)36-20/h11,14H,7-10,27H2,1-6H3,(H,29,30). The maximum Gasteiger partial charge on any atom is 0.348 e. The number of esters is 2. The largest absolute Gasteiger partial charge is 0.465 e. The normalized spacial score (nSPS) is 15.4. The lowest BCUT2D eigenvalue weighted by Gasteiger charge is -2.34. The number of hydrogen-bond donors (Lipinski definition) is 2. The molecular formula is C26H31N3O5S2. The molecule has 10 heteroatoms. The van der Waals surface area contributed by atoms with E-state index in [0.29, 0.717) is 26.9 Å². The van der Waals surface area contributed by atoms with Gasteiger partial charge in [-0.3, -0.25) is 4.79 Å². The van der Waals surface area contributed by atoms with E-state index in [-0.39, 0.29) is 27.5 Å². The molecule has 0 aliphatic heterocycles. The molecule has 1 aliphatic rings. The van der Waals surface area contributed by atoms with Crippen molar-refractivity contribution in [1.29, 1.82) is 0 Å². The summed E-state index contributed by atoms with van der Waals surface area (Å²) in [6.45, 7) is 10.3. The third kappa shape index (κ3) is 4.71. The number of anilines is 2. The minimum atomic E-state index is -0.651. The number of thiophene rings is 2. The molecule has 0 saturated heterocycles. The van der Waals surface area contributed by atoms with Crippen LogP contribution in [0.2, 0.25) is 0 Å². The predicted octanol–water partition coefficient (Wildman–Crippen LogP) is 5.62. The SMILES string of the molecule is CCOC(=O)c1sc(NC(=O)c2sc3nc4c(cc3c2N)CC(C(C)(C)C)CC4)c(C(=O)OC)c1C. The van der Waals surface area contributed by atoms with Gasteiger partial charge >= 0.3 is 11.9 Å². The van der Waals surface area contributed by atoms with Crippen molar-refractivity contribution in [1.82, 2.24) is 4.98 Å². The van der Waals surface area contributed by atoms with E-state index in [1.54, 1.807) is 13.8 Å². The molecule has 4 rings (SSSR count). The Hall–Kier alpha value is -2.98.